The summed E-state index contributed by atoms with van der Waals surface area (Å²) in [5.41, 5.74) is 3.98. The van der Waals surface area contributed by atoms with Crippen LogP contribution in [0.1, 0.15) is 5.69 Å². The lowest BCUT2D eigenvalue weighted by atomic mass is 10.2. The zero-order chi connectivity index (χ0) is 14.4. The highest BCUT2D eigenvalue weighted by Crippen LogP contribution is 2.29. The monoisotopic (exact) mass is 296 g/mol. The Balaban J connectivity index is 1.88. The quantitative estimate of drug-likeness (QED) is 0.569. The topological polar surface area (TPSA) is 52.3 Å². The Kier molecular flexibility index (Phi) is 2.65. The number of aryl methyl sites for hydroxylation is 1. The van der Waals surface area contributed by atoms with Crippen LogP contribution in [0.3, 0.4) is 0 Å². The zero-order valence-electron chi connectivity index (χ0n) is 11.6. The fraction of sp³-hybridized carbons (Fsp3) is 0.133. The van der Waals surface area contributed by atoms with Gasteiger partial charge in [-0.3, -0.25) is 9.38 Å². The number of fused-ring (bicyclic) bond motifs is 3. The van der Waals surface area contributed by atoms with Crippen molar-refractivity contribution < 1.29 is 4.74 Å². The van der Waals surface area contributed by atoms with E-state index in [1.165, 1.54) is 0 Å². The van der Waals surface area contributed by atoms with Crippen molar-refractivity contribution in [1.82, 2.24) is 19.4 Å². The summed E-state index contributed by atoms with van der Waals surface area (Å²) in [6, 6.07) is 7.90. The van der Waals surface area contributed by atoms with E-state index in [0.717, 1.165) is 32.3 Å². The van der Waals surface area contributed by atoms with Crippen LogP contribution in [0, 0.1) is 6.92 Å². The van der Waals surface area contributed by atoms with E-state index >= 15 is 0 Å². The number of aromatic nitrogens is 4. The van der Waals surface area contributed by atoms with Crippen LogP contribution in [0.15, 0.2) is 36.7 Å². The van der Waals surface area contributed by atoms with Gasteiger partial charge in [-0.05, 0) is 25.1 Å². The average molecular weight is 296 g/mol. The molecule has 0 amide bonds. The molecule has 6 heteroatoms. The first kappa shape index (κ1) is 12.3. The van der Waals surface area contributed by atoms with E-state index in [2.05, 4.69) is 19.4 Å². The Morgan fingerprint density at radius 3 is 2.81 bits per heavy atom. The number of ether oxygens (including phenoxy) is 1. The largest absolute Gasteiger partial charge is 0.481 e. The predicted octanol–water partition coefficient (Wildman–Crippen LogP) is 3.32. The summed E-state index contributed by atoms with van der Waals surface area (Å²) in [5.74, 6) is 0.620. The molecule has 4 heterocycles. The molecule has 0 bridgehead atoms. The van der Waals surface area contributed by atoms with Crippen LogP contribution in [0.25, 0.3) is 26.6 Å². The molecule has 0 saturated heterocycles. The van der Waals surface area contributed by atoms with Crippen molar-refractivity contribution in [3.8, 4) is 17.1 Å². The summed E-state index contributed by atoms with van der Waals surface area (Å²) in [7, 11) is 1.62. The molecular weight excluding hydrogens is 284 g/mol. The minimum Gasteiger partial charge on any atom is -0.481 e. The lowest BCUT2D eigenvalue weighted by molar-refractivity contribution is 0.400. The minimum absolute atomic E-state index is 0.620. The van der Waals surface area contributed by atoms with Crippen molar-refractivity contribution in [3.05, 3.63) is 42.4 Å². The molecule has 0 N–H and O–H groups in total. The van der Waals surface area contributed by atoms with Crippen molar-refractivity contribution >= 4 is 26.6 Å². The molecule has 0 aliphatic heterocycles. The minimum atomic E-state index is 0.620. The molecule has 4 aromatic heterocycles. The Labute approximate surface area is 124 Å². The van der Waals surface area contributed by atoms with Crippen molar-refractivity contribution in [2.24, 2.45) is 0 Å². The number of thiazole rings is 1. The molecule has 0 saturated carbocycles. The summed E-state index contributed by atoms with van der Waals surface area (Å²) in [4.78, 5) is 15.3. The van der Waals surface area contributed by atoms with Gasteiger partial charge in [-0.15, -0.1) is 0 Å². The molecule has 0 spiro atoms. The summed E-state index contributed by atoms with van der Waals surface area (Å²) in [5, 5.41) is 0. The van der Waals surface area contributed by atoms with E-state index in [1.807, 2.05) is 43.6 Å². The second-order valence-corrected chi connectivity index (χ2v) is 5.70. The second-order valence-electron chi connectivity index (χ2n) is 4.75. The van der Waals surface area contributed by atoms with Crippen LogP contribution in [0.4, 0.5) is 0 Å². The van der Waals surface area contributed by atoms with Crippen molar-refractivity contribution in [1.29, 1.82) is 0 Å². The number of imidazole rings is 1. The smallest absolute Gasteiger partial charge is 0.214 e. The maximum atomic E-state index is 5.16. The van der Waals surface area contributed by atoms with Gasteiger partial charge in [-0.2, -0.15) is 0 Å². The lowest BCUT2D eigenvalue weighted by Crippen LogP contribution is -1.86. The SMILES string of the molecule is COc1ccc2c(n1)sc1nc(-c3ccc(C)nc3)cn12. The van der Waals surface area contributed by atoms with Crippen LogP contribution in [-0.2, 0) is 0 Å². The maximum absolute atomic E-state index is 5.16. The van der Waals surface area contributed by atoms with E-state index in [1.54, 1.807) is 18.4 Å². The molecule has 5 nitrogen and oxygen atoms in total. The lowest BCUT2D eigenvalue weighted by Gasteiger charge is -1.97. The highest BCUT2D eigenvalue weighted by Gasteiger charge is 2.11. The number of nitrogens with zero attached hydrogens (tertiary/aromatic N) is 4. The zero-order valence-corrected chi connectivity index (χ0v) is 12.4. The van der Waals surface area contributed by atoms with Crippen LogP contribution in [0.5, 0.6) is 5.88 Å². The van der Waals surface area contributed by atoms with E-state index in [4.69, 9.17) is 4.74 Å². The third kappa shape index (κ3) is 1.95. The first-order chi connectivity index (χ1) is 10.2. The van der Waals surface area contributed by atoms with Crippen LogP contribution < -0.4 is 4.74 Å². The van der Waals surface area contributed by atoms with Gasteiger partial charge < -0.3 is 4.74 Å². The molecule has 0 unspecified atom stereocenters. The summed E-state index contributed by atoms with van der Waals surface area (Å²) in [6.07, 6.45) is 3.87. The van der Waals surface area contributed by atoms with E-state index in [0.29, 0.717) is 5.88 Å². The Morgan fingerprint density at radius 2 is 2.05 bits per heavy atom. The van der Waals surface area contributed by atoms with Gasteiger partial charge in [0.15, 0.2) is 4.96 Å². The van der Waals surface area contributed by atoms with Gasteiger partial charge in [0.1, 0.15) is 4.83 Å². The van der Waals surface area contributed by atoms with Gasteiger partial charge in [0, 0.05) is 29.7 Å². The van der Waals surface area contributed by atoms with Gasteiger partial charge in [0.25, 0.3) is 0 Å². The molecule has 0 fully saturated rings. The van der Waals surface area contributed by atoms with Gasteiger partial charge in [-0.25, -0.2) is 9.97 Å². The van der Waals surface area contributed by atoms with Gasteiger partial charge in [-0.1, -0.05) is 11.3 Å². The molecular formula is C15H12N4OS. The molecule has 21 heavy (non-hydrogen) atoms. The molecule has 0 aliphatic carbocycles. The standard InChI is InChI=1S/C15H12N4OS/c1-9-3-4-10(7-16-9)11-8-19-12-5-6-13(20-2)18-14(12)21-15(19)17-11/h3-8H,1-2H3. The fourth-order valence-corrected chi connectivity index (χ4v) is 3.21. The van der Waals surface area contributed by atoms with Crippen molar-refractivity contribution in [2.75, 3.05) is 7.11 Å². The van der Waals surface area contributed by atoms with Crippen molar-refractivity contribution in [3.63, 3.8) is 0 Å². The highest BCUT2D eigenvalue weighted by molar-refractivity contribution is 7.23. The van der Waals surface area contributed by atoms with Crippen LogP contribution >= 0.6 is 11.3 Å². The molecule has 0 radical (unpaired) electrons. The third-order valence-electron chi connectivity index (χ3n) is 3.35. The van der Waals surface area contributed by atoms with E-state index in [9.17, 15) is 0 Å². The van der Waals surface area contributed by atoms with Gasteiger partial charge in [0.2, 0.25) is 5.88 Å². The normalized spacial score (nSPS) is 11.3. The molecule has 4 aromatic rings. The molecule has 0 aliphatic rings. The number of pyridine rings is 2. The van der Waals surface area contributed by atoms with Crippen LogP contribution in [-0.4, -0.2) is 26.5 Å². The Bertz CT molecular complexity index is 940. The molecule has 0 atom stereocenters. The number of hydrogen-bond donors (Lipinski definition) is 0. The molecule has 4 rings (SSSR count). The highest BCUT2D eigenvalue weighted by atomic mass is 32.1. The van der Waals surface area contributed by atoms with Gasteiger partial charge >= 0.3 is 0 Å². The van der Waals surface area contributed by atoms with E-state index in [-0.39, 0.29) is 0 Å². The third-order valence-corrected chi connectivity index (χ3v) is 4.32. The second kappa shape index (κ2) is 4.53. The van der Waals surface area contributed by atoms with Crippen molar-refractivity contribution in [2.45, 2.75) is 6.92 Å². The Hall–Kier alpha value is -2.47. The average Bonchev–Trinajstić information content (AvgIpc) is 3.04. The maximum Gasteiger partial charge on any atom is 0.214 e. The summed E-state index contributed by atoms with van der Waals surface area (Å²) >= 11 is 1.55. The summed E-state index contributed by atoms with van der Waals surface area (Å²) < 4.78 is 7.21. The first-order valence-electron chi connectivity index (χ1n) is 6.50. The number of rotatable bonds is 2. The van der Waals surface area contributed by atoms with E-state index < -0.39 is 0 Å². The van der Waals surface area contributed by atoms with Crippen LogP contribution in [0.2, 0.25) is 0 Å². The van der Waals surface area contributed by atoms with Gasteiger partial charge in [0.05, 0.1) is 18.3 Å². The first-order valence-corrected chi connectivity index (χ1v) is 7.32. The molecule has 104 valence electrons. The Morgan fingerprint density at radius 1 is 1.14 bits per heavy atom. The number of hydrogen-bond acceptors (Lipinski definition) is 5. The fourth-order valence-electron chi connectivity index (χ4n) is 2.24. The summed E-state index contributed by atoms with van der Waals surface area (Å²) in [6.45, 7) is 1.97. The number of methoxy groups -OCH3 is 1. The predicted molar refractivity (Wildman–Crippen MR) is 82.9 cm³/mol. The molecule has 0 aromatic carbocycles.